The Hall–Kier alpha value is -2.72. The van der Waals surface area contributed by atoms with Crippen molar-refractivity contribution in [3.05, 3.63) is 45.2 Å². The van der Waals surface area contributed by atoms with Gasteiger partial charge in [-0.1, -0.05) is 43.4 Å². The molecule has 2 saturated heterocycles. The van der Waals surface area contributed by atoms with Gasteiger partial charge in [-0.25, -0.2) is 4.98 Å². The highest BCUT2D eigenvalue weighted by atomic mass is 32.2. The minimum absolute atomic E-state index is 0.120. The lowest BCUT2D eigenvalue weighted by atomic mass is 9.99. The lowest BCUT2D eigenvalue weighted by Crippen LogP contribution is -2.36. The van der Waals surface area contributed by atoms with Gasteiger partial charge < -0.3 is 10.0 Å². The molecule has 2 aromatic heterocycles. The fraction of sp³-hybridized carbons (Fsp3) is 0.458. The fourth-order valence-electron chi connectivity index (χ4n) is 4.23. The van der Waals surface area contributed by atoms with E-state index in [0.29, 0.717) is 58.0 Å². The number of amides is 1. The number of piperidine rings is 1. The Balaban J connectivity index is 1.62. The number of carboxylic acids is 1. The van der Waals surface area contributed by atoms with Crippen LogP contribution in [-0.2, 0) is 9.59 Å². The Morgan fingerprint density at radius 1 is 1.24 bits per heavy atom. The third kappa shape index (κ3) is 5.33. The number of nitrogens with zero attached hydrogens (tertiary/aromatic N) is 4. The molecule has 2 aliphatic rings. The first kappa shape index (κ1) is 24.4. The van der Waals surface area contributed by atoms with Crippen molar-refractivity contribution in [1.29, 1.82) is 0 Å². The lowest BCUT2D eigenvalue weighted by molar-refractivity contribution is -0.137. The summed E-state index contributed by atoms with van der Waals surface area (Å²) in [6.45, 7) is 4.30. The van der Waals surface area contributed by atoms with Crippen LogP contribution in [0.2, 0.25) is 0 Å². The van der Waals surface area contributed by atoms with Crippen molar-refractivity contribution >= 4 is 57.7 Å². The summed E-state index contributed by atoms with van der Waals surface area (Å²) in [4.78, 5) is 46.1. The number of aliphatic carboxylic acids is 1. The van der Waals surface area contributed by atoms with E-state index in [1.807, 2.05) is 12.1 Å². The molecule has 10 heteroatoms. The number of rotatable bonds is 8. The molecule has 0 aromatic carbocycles. The molecule has 34 heavy (non-hydrogen) atoms. The number of hydrogen-bond acceptors (Lipinski definition) is 7. The molecule has 0 spiro atoms. The van der Waals surface area contributed by atoms with Gasteiger partial charge in [-0.3, -0.25) is 23.7 Å². The number of thioether (sulfide) groups is 1. The third-order valence-electron chi connectivity index (χ3n) is 6.25. The Morgan fingerprint density at radius 3 is 2.74 bits per heavy atom. The van der Waals surface area contributed by atoms with E-state index < -0.39 is 5.97 Å². The van der Waals surface area contributed by atoms with Crippen LogP contribution in [-0.4, -0.2) is 55.2 Å². The number of unbranched alkanes of at least 4 members (excludes halogenated alkanes) is 2. The zero-order valence-electron chi connectivity index (χ0n) is 19.1. The van der Waals surface area contributed by atoms with Gasteiger partial charge in [0, 0.05) is 32.3 Å². The molecule has 180 valence electrons. The Bertz CT molecular complexity index is 1200. The van der Waals surface area contributed by atoms with Gasteiger partial charge >= 0.3 is 5.97 Å². The highest BCUT2D eigenvalue weighted by molar-refractivity contribution is 8.26. The molecule has 2 fully saturated rings. The molecule has 8 nitrogen and oxygen atoms in total. The highest BCUT2D eigenvalue weighted by Gasteiger charge is 2.32. The molecule has 4 rings (SSSR count). The number of carboxylic acid groups (broad SMARTS) is 1. The first-order chi connectivity index (χ1) is 16.3. The lowest BCUT2D eigenvalue weighted by Gasteiger charge is -2.32. The maximum Gasteiger partial charge on any atom is 0.303 e. The third-order valence-corrected chi connectivity index (χ3v) is 7.63. The Morgan fingerprint density at radius 2 is 2.00 bits per heavy atom. The molecule has 1 N–H and O–H groups in total. The van der Waals surface area contributed by atoms with Gasteiger partial charge in [0.05, 0.1) is 10.5 Å². The van der Waals surface area contributed by atoms with E-state index in [0.717, 1.165) is 25.9 Å². The van der Waals surface area contributed by atoms with Crippen molar-refractivity contribution in [2.24, 2.45) is 5.92 Å². The summed E-state index contributed by atoms with van der Waals surface area (Å²) in [7, 11) is 0. The van der Waals surface area contributed by atoms with Crippen molar-refractivity contribution in [2.75, 3.05) is 24.5 Å². The van der Waals surface area contributed by atoms with Gasteiger partial charge in [0.2, 0.25) is 0 Å². The molecule has 0 bridgehead atoms. The van der Waals surface area contributed by atoms with E-state index in [1.165, 1.54) is 16.2 Å². The van der Waals surface area contributed by atoms with Gasteiger partial charge in [-0.2, -0.15) is 0 Å². The smallest absolute Gasteiger partial charge is 0.303 e. The van der Waals surface area contributed by atoms with Crippen LogP contribution >= 0.6 is 24.0 Å². The largest absolute Gasteiger partial charge is 0.481 e. The number of carbonyl (C=O) groups excluding carboxylic acids is 1. The first-order valence-electron chi connectivity index (χ1n) is 11.6. The van der Waals surface area contributed by atoms with Crippen LogP contribution < -0.4 is 10.5 Å². The summed E-state index contributed by atoms with van der Waals surface area (Å²) in [5.41, 5.74) is 0.769. The predicted molar refractivity (Wildman–Crippen MR) is 138 cm³/mol. The SMILES string of the molecule is CC1CCN(c2nc3ccccn3c(=O)c2C=C2SC(=S)N(CCCCCC(=O)O)C2=O)CC1. The van der Waals surface area contributed by atoms with E-state index in [-0.39, 0.29) is 17.9 Å². The second-order valence-corrected chi connectivity index (χ2v) is 10.5. The summed E-state index contributed by atoms with van der Waals surface area (Å²) in [5, 5.41) is 8.77. The quantitative estimate of drug-likeness (QED) is 0.332. The number of thiocarbonyl (C=S) groups is 1. The number of anilines is 1. The molecule has 0 aliphatic carbocycles. The van der Waals surface area contributed by atoms with E-state index in [1.54, 1.807) is 23.2 Å². The van der Waals surface area contributed by atoms with E-state index in [2.05, 4.69) is 11.8 Å². The molecule has 0 atom stereocenters. The van der Waals surface area contributed by atoms with Gasteiger partial charge in [-0.15, -0.1) is 0 Å². The predicted octanol–water partition coefficient (Wildman–Crippen LogP) is 3.78. The standard InChI is InChI=1S/C24H28N4O4S2/c1-16-9-13-26(14-10-16)21-17(22(31)27-11-6-4-7-19(27)25-21)15-18-23(32)28(24(33)34-18)12-5-2-3-8-20(29)30/h4,6-7,11,15-16H,2-3,5,8-10,12-14H2,1H3,(H,29,30). The van der Waals surface area contributed by atoms with Crippen molar-refractivity contribution in [1.82, 2.24) is 14.3 Å². The Labute approximate surface area is 207 Å². The molecule has 1 amide bonds. The van der Waals surface area contributed by atoms with Crippen molar-refractivity contribution in [3.63, 3.8) is 0 Å². The molecule has 2 aliphatic heterocycles. The molecule has 0 saturated carbocycles. The van der Waals surface area contributed by atoms with Crippen LogP contribution in [0.3, 0.4) is 0 Å². The van der Waals surface area contributed by atoms with Crippen LogP contribution in [0.1, 0.15) is 51.0 Å². The second-order valence-electron chi connectivity index (χ2n) is 8.79. The molecular weight excluding hydrogens is 472 g/mol. The number of aromatic nitrogens is 2. The molecule has 0 radical (unpaired) electrons. The average Bonchev–Trinajstić information content (AvgIpc) is 3.08. The van der Waals surface area contributed by atoms with Crippen molar-refractivity contribution < 1.29 is 14.7 Å². The zero-order valence-corrected chi connectivity index (χ0v) is 20.7. The van der Waals surface area contributed by atoms with E-state index in [9.17, 15) is 14.4 Å². The zero-order chi connectivity index (χ0) is 24.2. The maximum absolute atomic E-state index is 13.4. The van der Waals surface area contributed by atoms with Gasteiger partial charge in [0.25, 0.3) is 11.5 Å². The summed E-state index contributed by atoms with van der Waals surface area (Å²) >= 11 is 6.63. The van der Waals surface area contributed by atoms with Gasteiger partial charge in [-0.05, 0) is 49.8 Å². The van der Waals surface area contributed by atoms with Crippen LogP contribution in [0.5, 0.6) is 0 Å². The Kier molecular flexibility index (Phi) is 7.67. The average molecular weight is 501 g/mol. The highest BCUT2D eigenvalue weighted by Crippen LogP contribution is 2.34. The number of carbonyl (C=O) groups is 2. The van der Waals surface area contributed by atoms with Crippen LogP contribution in [0.15, 0.2) is 34.1 Å². The molecule has 0 unspecified atom stereocenters. The van der Waals surface area contributed by atoms with Gasteiger partial charge in [0.1, 0.15) is 15.8 Å². The summed E-state index contributed by atoms with van der Waals surface area (Å²) in [5.74, 6) is 0.210. The summed E-state index contributed by atoms with van der Waals surface area (Å²) in [6.07, 6.45) is 7.45. The molecular formula is C24H28N4O4S2. The van der Waals surface area contributed by atoms with Gasteiger partial charge in [0.15, 0.2) is 0 Å². The summed E-state index contributed by atoms with van der Waals surface area (Å²) in [6, 6.07) is 5.45. The molecule has 4 heterocycles. The number of fused-ring (bicyclic) bond motifs is 1. The monoisotopic (exact) mass is 500 g/mol. The topological polar surface area (TPSA) is 95.2 Å². The maximum atomic E-state index is 13.4. The van der Waals surface area contributed by atoms with Crippen molar-refractivity contribution in [3.8, 4) is 0 Å². The van der Waals surface area contributed by atoms with E-state index in [4.69, 9.17) is 22.3 Å². The van der Waals surface area contributed by atoms with Crippen LogP contribution in [0.4, 0.5) is 5.82 Å². The van der Waals surface area contributed by atoms with Crippen LogP contribution in [0.25, 0.3) is 11.7 Å². The normalized spacial score (nSPS) is 18.4. The fourth-order valence-corrected chi connectivity index (χ4v) is 5.52. The number of hydrogen-bond donors (Lipinski definition) is 1. The summed E-state index contributed by atoms with van der Waals surface area (Å²) < 4.78 is 1.96. The number of pyridine rings is 1. The minimum atomic E-state index is -0.817. The van der Waals surface area contributed by atoms with Crippen LogP contribution in [0, 0.1) is 5.92 Å². The van der Waals surface area contributed by atoms with Crippen molar-refractivity contribution in [2.45, 2.75) is 45.4 Å². The first-order valence-corrected chi connectivity index (χ1v) is 12.8. The van der Waals surface area contributed by atoms with E-state index >= 15 is 0 Å². The second kappa shape index (κ2) is 10.7. The molecule has 2 aromatic rings. The minimum Gasteiger partial charge on any atom is -0.481 e.